The maximum Gasteiger partial charge on any atom is 0.417 e. The zero-order chi connectivity index (χ0) is 33.5. The van der Waals surface area contributed by atoms with Crippen molar-refractivity contribution in [2.75, 3.05) is 48.9 Å². The average Bonchev–Trinajstić information content (AvgIpc) is 2.97. The molecule has 0 aliphatic heterocycles. The number of alkyl halides is 4. The molecule has 5 N–H and O–H groups in total. The minimum Gasteiger partial charge on any atom is -0.494 e. The van der Waals surface area contributed by atoms with Gasteiger partial charge >= 0.3 is 6.18 Å². The number of anilines is 3. The highest BCUT2D eigenvalue weighted by molar-refractivity contribution is 7.92. The van der Waals surface area contributed by atoms with Gasteiger partial charge in [0, 0.05) is 30.4 Å². The summed E-state index contributed by atoms with van der Waals surface area (Å²) < 4.78 is 120. The topological polar surface area (TPSA) is 155 Å². The summed E-state index contributed by atoms with van der Waals surface area (Å²) in [6.45, 7) is 4.76. The largest absolute Gasteiger partial charge is 0.494 e. The lowest BCUT2D eigenvalue weighted by molar-refractivity contribution is -0.137. The van der Waals surface area contributed by atoms with Crippen LogP contribution in [0.25, 0.3) is 33.4 Å². The van der Waals surface area contributed by atoms with Crippen molar-refractivity contribution in [1.29, 1.82) is 0 Å². The number of nitrogens with zero attached hydrogens (tertiary/aromatic N) is 3. The molecule has 45 heavy (non-hydrogen) atoms. The molecule has 0 atom stereocenters. The standard InChI is InChI=1S/C24H20F6N6O3S.C4H10O/c1-39-17-8-11(19-15(26)3-4-16(20(19)27)36-40(37,38)6-2-5-25)7-12-21(17)34-23(35-22(12)32)13-10-33-18(31)9-14(13)24(28,29)30;1-3-5-4-2/h3-4,7-10,36H,2,5-6H2,1H3,(H2,31,33)(H2,32,34,35);3-4H2,1-2H3. The van der Waals surface area contributed by atoms with Crippen LogP contribution in [0.1, 0.15) is 25.8 Å². The monoisotopic (exact) mass is 660 g/mol. The van der Waals surface area contributed by atoms with Crippen LogP contribution >= 0.6 is 0 Å². The molecule has 0 spiro atoms. The molecule has 0 fully saturated rings. The molecule has 0 bridgehead atoms. The van der Waals surface area contributed by atoms with Crippen LogP contribution in [0.5, 0.6) is 5.75 Å². The lowest BCUT2D eigenvalue weighted by Crippen LogP contribution is -2.18. The zero-order valence-electron chi connectivity index (χ0n) is 24.3. The Bertz CT molecular complexity index is 1770. The van der Waals surface area contributed by atoms with E-state index < -0.39 is 68.5 Å². The molecule has 0 radical (unpaired) electrons. The summed E-state index contributed by atoms with van der Waals surface area (Å²) in [4.78, 5) is 11.8. The molecule has 0 amide bonds. The number of rotatable bonds is 10. The number of hydrogen-bond donors (Lipinski definition) is 3. The summed E-state index contributed by atoms with van der Waals surface area (Å²) >= 11 is 0. The first-order valence-corrected chi connectivity index (χ1v) is 14.9. The van der Waals surface area contributed by atoms with Gasteiger partial charge in [-0.3, -0.25) is 9.11 Å². The Balaban J connectivity index is 0.00000102. The van der Waals surface area contributed by atoms with Crippen LogP contribution < -0.4 is 20.9 Å². The van der Waals surface area contributed by atoms with E-state index in [9.17, 15) is 30.4 Å². The van der Waals surface area contributed by atoms with Gasteiger partial charge in [0.05, 0.1) is 36.4 Å². The molecule has 17 heteroatoms. The third kappa shape index (κ3) is 8.42. The number of fused-ring (bicyclic) bond motifs is 1. The van der Waals surface area contributed by atoms with Gasteiger partial charge in [-0.1, -0.05) is 0 Å². The smallest absolute Gasteiger partial charge is 0.417 e. The number of nitrogen functional groups attached to an aromatic ring is 2. The summed E-state index contributed by atoms with van der Waals surface area (Å²) in [5.74, 6) is -4.33. The molecular formula is C28H30F6N6O4S. The van der Waals surface area contributed by atoms with Crippen LogP contribution in [0.3, 0.4) is 0 Å². The fourth-order valence-electron chi connectivity index (χ4n) is 4.09. The van der Waals surface area contributed by atoms with E-state index in [1.807, 2.05) is 18.6 Å². The minimum atomic E-state index is -4.83. The molecule has 0 saturated carbocycles. The van der Waals surface area contributed by atoms with Crippen LogP contribution in [-0.4, -0.2) is 56.1 Å². The molecular weight excluding hydrogens is 630 g/mol. The van der Waals surface area contributed by atoms with E-state index in [0.29, 0.717) is 6.07 Å². The van der Waals surface area contributed by atoms with E-state index in [1.54, 1.807) is 0 Å². The Kier molecular flexibility index (Phi) is 11.4. The molecule has 244 valence electrons. The van der Waals surface area contributed by atoms with Crippen molar-refractivity contribution in [3.63, 3.8) is 0 Å². The summed E-state index contributed by atoms with van der Waals surface area (Å²) in [6, 6.07) is 4.61. The number of methoxy groups -OCH3 is 1. The average molecular weight is 661 g/mol. The molecule has 0 saturated heterocycles. The van der Waals surface area contributed by atoms with E-state index in [2.05, 4.69) is 15.0 Å². The molecule has 10 nitrogen and oxygen atoms in total. The molecule has 0 aliphatic carbocycles. The summed E-state index contributed by atoms with van der Waals surface area (Å²) in [5.41, 5.74) is 8.27. The van der Waals surface area contributed by atoms with Crippen molar-refractivity contribution >= 4 is 38.2 Å². The number of halogens is 6. The van der Waals surface area contributed by atoms with Gasteiger partial charge in [-0.15, -0.1) is 0 Å². The number of hydrogen-bond acceptors (Lipinski definition) is 9. The Morgan fingerprint density at radius 3 is 2.29 bits per heavy atom. The van der Waals surface area contributed by atoms with Gasteiger partial charge in [-0.2, -0.15) is 13.2 Å². The van der Waals surface area contributed by atoms with Gasteiger partial charge in [-0.05, 0) is 56.2 Å². The SMILES string of the molecule is CCOCC.COc1cc(-c2c(F)ccc(NS(=O)(=O)CCCF)c2F)cc2c(N)nc(-c3cnc(N)cc3C(F)(F)F)nc12. The Hall–Kier alpha value is -4.38. The predicted molar refractivity (Wildman–Crippen MR) is 159 cm³/mol. The molecule has 4 aromatic rings. The van der Waals surface area contributed by atoms with Crippen LogP contribution in [-0.2, 0) is 20.9 Å². The van der Waals surface area contributed by atoms with E-state index in [4.69, 9.17) is 20.9 Å². The normalized spacial score (nSPS) is 11.7. The first-order valence-electron chi connectivity index (χ1n) is 13.3. The zero-order valence-corrected chi connectivity index (χ0v) is 25.1. The molecule has 0 aliphatic rings. The maximum atomic E-state index is 15.4. The fraction of sp³-hybridized carbons (Fsp3) is 0.321. The lowest BCUT2D eigenvalue weighted by Gasteiger charge is -2.16. The van der Waals surface area contributed by atoms with E-state index in [1.165, 1.54) is 13.2 Å². The van der Waals surface area contributed by atoms with Crippen molar-refractivity contribution in [2.24, 2.45) is 0 Å². The van der Waals surface area contributed by atoms with Crippen LogP contribution in [0.2, 0.25) is 0 Å². The van der Waals surface area contributed by atoms with Gasteiger partial charge in [0.25, 0.3) is 0 Å². The Labute approximate surface area is 254 Å². The molecule has 2 heterocycles. The second kappa shape index (κ2) is 14.6. The summed E-state index contributed by atoms with van der Waals surface area (Å²) in [5, 5.41) is -0.0252. The van der Waals surface area contributed by atoms with Gasteiger partial charge in [0.15, 0.2) is 11.6 Å². The highest BCUT2D eigenvalue weighted by Crippen LogP contribution is 2.40. The number of aromatic nitrogens is 3. The highest BCUT2D eigenvalue weighted by atomic mass is 32.2. The number of sulfonamides is 1. The second-order valence-electron chi connectivity index (χ2n) is 9.19. The van der Waals surface area contributed by atoms with Crippen LogP contribution in [0.4, 0.5) is 43.7 Å². The lowest BCUT2D eigenvalue weighted by atomic mass is 10.0. The number of ether oxygens (including phenoxy) is 2. The molecule has 0 unspecified atom stereocenters. The van der Waals surface area contributed by atoms with Gasteiger partial charge in [-0.25, -0.2) is 32.2 Å². The Morgan fingerprint density at radius 1 is 1.02 bits per heavy atom. The summed E-state index contributed by atoms with van der Waals surface area (Å²) in [7, 11) is -2.96. The van der Waals surface area contributed by atoms with Gasteiger partial charge in [0.2, 0.25) is 10.0 Å². The van der Waals surface area contributed by atoms with Crippen molar-refractivity contribution in [1.82, 2.24) is 15.0 Å². The Morgan fingerprint density at radius 2 is 1.71 bits per heavy atom. The molecule has 2 aromatic carbocycles. The van der Waals surface area contributed by atoms with E-state index in [-0.39, 0.29) is 40.3 Å². The third-order valence-electron chi connectivity index (χ3n) is 6.09. The quantitative estimate of drug-likeness (QED) is 0.174. The number of pyridine rings is 1. The highest BCUT2D eigenvalue weighted by Gasteiger charge is 2.35. The second-order valence-corrected chi connectivity index (χ2v) is 11.0. The molecule has 2 aromatic heterocycles. The summed E-state index contributed by atoms with van der Waals surface area (Å²) in [6.07, 6.45) is -4.32. The first kappa shape index (κ1) is 35.1. The minimum absolute atomic E-state index is 0.0252. The van der Waals surface area contributed by atoms with E-state index in [0.717, 1.165) is 37.6 Å². The van der Waals surface area contributed by atoms with E-state index >= 15 is 4.39 Å². The fourth-order valence-corrected chi connectivity index (χ4v) is 5.18. The maximum absolute atomic E-state index is 15.4. The van der Waals surface area contributed by atoms with Crippen LogP contribution in [0, 0.1) is 11.6 Å². The van der Waals surface area contributed by atoms with Gasteiger partial charge < -0.3 is 20.9 Å². The van der Waals surface area contributed by atoms with Crippen LogP contribution in [0.15, 0.2) is 36.5 Å². The molecule has 4 rings (SSSR count). The predicted octanol–water partition coefficient (Wildman–Crippen LogP) is 5.97. The van der Waals surface area contributed by atoms with Crippen molar-refractivity contribution in [2.45, 2.75) is 26.4 Å². The van der Waals surface area contributed by atoms with Gasteiger partial charge in [0.1, 0.15) is 28.7 Å². The number of nitrogens with two attached hydrogens (primary N) is 2. The van der Waals surface area contributed by atoms with Crippen molar-refractivity contribution in [3.8, 4) is 28.3 Å². The third-order valence-corrected chi connectivity index (χ3v) is 7.44. The van der Waals surface area contributed by atoms with Crippen molar-refractivity contribution in [3.05, 3.63) is 53.7 Å². The first-order chi connectivity index (χ1) is 21.2. The number of nitrogens with one attached hydrogen (secondary N) is 1. The van der Waals surface area contributed by atoms with Crippen molar-refractivity contribution < 1.29 is 44.2 Å². The number of benzene rings is 2.